The number of hydrogen-bond acceptors (Lipinski definition) is 2. The summed E-state index contributed by atoms with van der Waals surface area (Å²) in [5.74, 6) is -1.10. The van der Waals surface area contributed by atoms with Gasteiger partial charge in [0, 0.05) is 18.7 Å². The number of primary amides is 1. The topological polar surface area (TPSA) is 63.4 Å². The zero-order chi connectivity index (χ0) is 15.4. The van der Waals surface area contributed by atoms with E-state index in [9.17, 15) is 14.0 Å². The van der Waals surface area contributed by atoms with Crippen molar-refractivity contribution in [2.75, 3.05) is 6.54 Å². The third-order valence-electron chi connectivity index (χ3n) is 3.86. The minimum absolute atomic E-state index is 0.0889. The summed E-state index contributed by atoms with van der Waals surface area (Å²) in [6.07, 6.45) is 4.58. The summed E-state index contributed by atoms with van der Waals surface area (Å²) in [5.41, 5.74) is 6.07. The SMILES string of the molecule is CC1CCC(C(N)=O)CN1C(=O)C=Cc1ccc(F)cc1. The second-order valence-electron chi connectivity index (χ2n) is 5.40. The van der Waals surface area contributed by atoms with E-state index in [-0.39, 0.29) is 29.6 Å². The maximum atomic E-state index is 12.8. The Kier molecular flexibility index (Phi) is 4.73. The molecule has 1 fully saturated rings. The first-order valence-corrected chi connectivity index (χ1v) is 7.01. The van der Waals surface area contributed by atoms with Crippen LogP contribution >= 0.6 is 0 Å². The highest BCUT2D eigenvalue weighted by atomic mass is 19.1. The van der Waals surface area contributed by atoms with Gasteiger partial charge in [-0.2, -0.15) is 0 Å². The summed E-state index contributed by atoms with van der Waals surface area (Å²) in [7, 11) is 0. The van der Waals surface area contributed by atoms with Crippen LogP contribution in [0.2, 0.25) is 0 Å². The standard InChI is InChI=1S/C16H19FN2O2/c1-11-2-6-13(16(18)21)10-19(11)15(20)9-5-12-3-7-14(17)8-4-12/h3-5,7-9,11,13H,2,6,10H2,1H3,(H2,18,21). The van der Waals surface area contributed by atoms with E-state index >= 15 is 0 Å². The predicted molar refractivity (Wildman–Crippen MR) is 78.5 cm³/mol. The van der Waals surface area contributed by atoms with Crippen LogP contribution in [0.25, 0.3) is 6.08 Å². The molecule has 2 atom stereocenters. The van der Waals surface area contributed by atoms with Gasteiger partial charge in [-0.05, 0) is 43.5 Å². The van der Waals surface area contributed by atoms with E-state index in [0.29, 0.717) is 6.54 Å². The molecule has 0 saturated carbocycles. The Bertz CT molecular complexity index is 554. The number of likely N-dealkylation sites (tertiary alicyclic amines) is 1. The second kappa shape index (κ2) is 6.52. The zero-order valence-electron chi connectivity index (χ0n) is 12.0. The van der Waals surface area contributed by atoms with Gasteiger partial charge in [0.15, 0.2) is 0 Å². The van der Waals surface area contributed by atoms with Crippen molar-refractivity contribution in [3.8, 4) is 0 Å². The molecule has 1 heterocycles. The van der Waals surface area contributed by atoms with E-state index in [2.05, 4.69) is 0 Å². The van der Waals surface area contributed by atoms with Crippen molar-refractivity contribution in [3.05, 3.63) is 41.7 Å². The van der Waals surface area contributed by atoms with Gasteiger partial charge >= 0.3 is 0 Å². The third-order valence-corrected chi connectivity index (χ3v) is 3.86. The van der Waals surface area contributed by atoms with E-state index in [0.717, 1.165) is 18.4 Å². The Labute approximate surface area is 123 Å². The van der Waals surface area contributed by atoms with Gasteiger partial charge in [0.1, 0.15) is 5.82 Å². The predicted octanol–water partition coefficient (Wildman–Crippen LogP) is 1.95. The van der Waals surface area contributed by atoms with Crippen LogP contribution in [0.15, 0.2) is 30.3 Å². The molecule has 5 heteroatoms. The highest BCUT2D eigenvalue weighted by molar-refractivity contribution is 5.92. The molecule has 0 aliphatic carbocycles. The molecule has 1 aliphatic rings. The van der Waals surface area contributed by atoms with Crippen LogP contribution in [0.1, 0.15) is 25.3 Å². The van der Waals surface area contributed by atoms with Crippen LogP contribution in [0.3, 0.4) is 0 Å². The average molecular weight is 290 g/mol. The number of nitrogens with zero attached hydrogens (tertiary/aromatic N) is 1. The van der Waals surface area contributed by atoms with E-state index < -0.39 is 0 Å². The lowest BCUT2D eigenvalue weighted by molar-refractivity contribution is -0.133. The third kappa shape index (κ3) is 3.90. The highest BCUT2D eigenvalue weighted by Gasteiger charge is 2.30. The first kappa shape index (κ1) is 15.2. The molecule has 4 nitrogen and oxygen atoms in total. The van der Waals surface area contributed by atoms with Crippen molar-refractivity contribution < 1.29 is 14.0 Å². The molecule has 0 spiro atoms. The molecular formula is C16H19FN2O2. The van der Waals surface area contributed by atoms with Crippen LogP contribution in [-0.2, 0) is 9.59 Å². The quantitative estimate of drug-likeness (QED) is 0.865. The lowest BCUT2D eigenvalue weighted by atomic mass is 9.93. The number of piperidine rings is 1. The summed E-state index contributed by atoms with van der Waals surface area (Å²) >= 11 is 0. The van der Waals surface area contributed by atoms with Crippen molar-refractivity contribution >= 4 is 17.9 Å². The Morgan fingerprint density at radius 1 is 1.29 bits per heavy atom. The van der Waals surface area contributed by atoms with Gasteiger partial charge < -0.3 is 10.6 Å². The molecule has 2 rings (SSSR count). The Morgan fingerprint density at radius 2 is 1.95 bits per heavy atom. The fraction of sp³-hybridized carbons (Fsp3) is 0.375. The maximum absolute atomic E-state index is 12.8. The summed E-state index contributed by atoms with van der Waals surface area (Å²) in [4.78, 5) is 25.2. The molecule has 1 aliphatic heterocycles. The van der Waals surface area contributed by atoms with E-state index in [4.69, 9.17) is 5.73 Å². The molecule has 21 heavy (non-hydrogen) atoms. The number of amides is 2. The van der Waals surface area contributed by atoms with Crippen LogP contribution in [0, 0.1) is 11.7 Å². The molecule has 2 amide bonds. The van der Waals surface area contributed by atoms with Gasteiger partial charge in [0.05, 0.1) is 5.92 Å². The van der Waals surface area contributed by atoms with Crippen molar-refractivity contribution in [1.29, 1.82) is 0 Å². The number of rotatable bonds is 3. The Balaban J connectivity index is 2.04. The summed E-state index contributed by atoms with van der Waals surface area (Å²) in [6, 6.07) is 5.98. The molecular weight excluding hydrogens is 271 g/mol. The molecule has 1 aromatic carbocycles. The van der Waals surface area contributed by atoms with E-state index in [1.54, 1.807) is 23.1 Å². The van der Waals surface area contributed by atoms with Gasteiger partial charge in [0.2, 0.25) is 11.8 Å². The van der Waals surface area contributed by atoms with Crippen LogP contribution in [-0.4, -0.2) is 29.3 Å². The minimum Gasteiger partial charge on any atom is -0.369 e. The van der Waals surface area contributed by atoms with Gasteiger partial charge in [-0.15, -0.1) is 0 Å². The summed E-state index contributed by atoms with van der Waals surface area (Å²) in [5, 5.41) is 0. The van der Waals surface area contributed by atoms with Gasteiger partial charge in [-0.25, -0.2) is 4.39 Å². The maximum Gasteiger partial charge on any atom is 0.246 e. The number of hydrogen-bond donors (Lipinski definition) is 1. The highest BCUT2D eigenvalue weighted by Crippen LogP contribution is 2.22. The van der Waals surface area contributed by atoms with Gasteiger partial charge in [-0.1, -0.05) is 12.1 Å². The number of benzene rings is 1. The second-order valence-corrected chi connectivity index (χ2v) is 5.40. The average Bonchev–Trinajstić information content (AvgIpc) is 2.46. The summed E-state index contributed by atoms with van der Waals surface area (Å²) in [6.45, 7) is 2.32. The van der Waals surface area contributed by atoms with Crippen molar-refractivity contribution in [1.82, 2.24) is 4.90 Å². The number of carbonyl (C=O) groups excluding carboxylic acids is 2. The summed E-state index contributed by atoms with van der Waals surface area (Å²) < 4.78 is 12.8. The fourth-order valence-electron chi connectivity index (χ4n) is 2.48. The lowest BCUT2D eigenvalue weighted by Gasteiger charge is -2.36. The van der Waals surface area contributed by atoms with Crippen LogP contribution < -0.4 is 5.73 Å². The van der Waals surface area contributed by atoms with Crippen molar-refractivity contribution in [3.63, 3.8) is 0 Å². The Hall–Kier alpha value is -2.17. The zero-order valence-corrected chi connectivity index (χ0v) is 12.0. The molecule has 1 saturated heterocycles. The van der Waals surface area contributed by atoms with E-state index in [1.165, 1.54) is 18.2 Å². The Morgan fingerprint density at radius 3 is 2.57 bits per heavy atom. The fourth-order valence-corrected chi connectivity index (χ4v) is 2.48. The van der Waals surface area contributed by atoms with Crippen molar-refractivity contribution in [2.24, 2.45) is 11.7 Å². The van der Waals surface area contributed by atoms with Crippen molar-refractivity contribution in [2.45, 2.75) is 25.8 Å². The molecule has 1 aromatic rings. The van der Waals surface area contributed by atoms with E-state index in [1.807, 2.05) is 6.92 Å². The minimum atomic E-state index is -0.359. The molecule has 0 radical (unpaired) electrons. The molecule has 0 aromatic heterocycles. The van der Waals surface area contributed by atoms with Gasteiger partial charge in [-0.3, -0.25) is 9.59 Å². The molecule has 112 valence electrons. The van der Waals surface area contributed by atoms with Crippen LogP contribution in [0.4, 0.5) is 4.39 Å². The molecule has 0 bridgehead atoms. The number of nitrogens with two attached hydrogens (primary N) is 1. The first-order chi connectivity index (χ1) is 9.97. The molecule has 2 unspecified atom stereocenters. The lowest BCUT2D eigenvalue weighted by Crippen LogP contribution is -2.48. The number of carbonyl (C=O) groups is 2. The van der Waals surface area contributed by atoms with Crippen LogP contribution in [0.5, 0.6) is 0 Å². The molecule has 2 N–H and O–H groups in total. The largest absolute Gasteiger partial charge is 0.369 e. The van der Waals surface area contributed by atoms with Gasteiger partial charge in [0.25, 0.3) is 0 Å². The normalized spacial score (nSPS) is 22.5. The smallest absolute Gasteiger partial charge is 0.246 e. The monoisotopic (exact) mass is 290 g/mol. The number of halogens is 1. The first-order valence-electron chi connectivity index (χ1n) is 7.01.